The standard InChI is InChI=1S/C13H13N3O2/c1-7-4-3-5-8(2)11(7)16-12(17)9-6-14-15-10(9)13(16)18/h3-6,9-10,15H,1-2H3/t9-,10-/m1/s1. The molecule has 1 N–H and O–H groups in total. The van der Waals surface area contributed by atoms with Crippen LogP contribution in [0.5, 0.6) is 0 Å². The second-order valence-corrected chi connectivity index (χ2v) is 4.66. The highest BCUT2D eigenvalue weighted by Gasteiger charge is 2.50. The molecule has 3 rings (SSSR count). The number of benzene rings is 1. The Bertz CT molecular complexity index is 559. The van der Waals surface area contributed by atoms with Gasteiger partial charge < -0.3 is 0 Å². The Morgan fingerprint density at radius 3 is 2.44 bits per heavy atom. The number of para-hydroxylation sites is 1. The highest BCUT2D eigenvalue weighted by Crippen LogP contribution is 2.32. The Balaban J connectivity index is 2.10. The van der Waals surface area contributed by atoms with Crippen molar-refractivity contribution in [2.45, 2.75) is 19.9 Å². The summed E-state index contributed by atoms with van der Waals surface area (Å²) < 4.78 is 0. The number of imide groups is 1. The number of nitrogens with one attached hydrogen (secondary N) is 1. The number of amides is 2. The molecule has 1 aromatic rings. The van der Waals surface area contributed by atoms with Gasteiger partial charge in [-0.25, -0.2) is 4.90 Å². The Hall–Kier alpha value is -2.17. The monoisotopic (exact) mass is 243 g/mol. The van der Waals surface area contributed by atoms with E-state index in [1.807, 2.05) is 32.0 Å². The normalized spacial score (nSPS) is 25.6. The summed E-state index contributed by atoms with van der Waals surface area (Å²) in [4.78, 5) is 25.8. The van der Waals surface area contributed by atoms with Crippen LogP contribution in [0.15, 0.2) is 23.3 Å². The summed E-state index contributed by atoms with van der Waals surface area (Å²) in [5, 5.41) is 3.80. The maximum atomic E-state index is 12.3. The van der Waals surface area contributed by atoms with Crippen LogP contribution in [0.4, 0.5) is 5.69 Å². The second kappa shape index (κ2) is 3.66. The van der Waals surface area contributed by atoms with E-state index >= 15 is 0 Å². The van der Waals surface area contributed by atoms with Crippen molar-refractivity contribution in [1.82, 2.24) is 5.43 Å². The van der Waals surface area contributed by atoms with Gasteiger partial charge in [0.15, 0.2) is 0 Å². The maximum absolute atomic E-state index is 12.3. The molecule has 92 valence electrons. The fraction of sp³-hybridized carbons (Fsp3) is 0.308. The summed E-state index contributed by atoms with van der Waals surface area (Å²) in [6.07, 6.45) is 1.51. The van der Waals surface area contributed by atoms with E-state index in [1.165, 1.54) is 11.1 Å². The highest BCUT2D eigenvalue weighted by molar-refractivity contribution is 6.28. The number of anilines is 1. The summed E-state index contributed by atoms with van der Waals surface area (Å²) >= 11 is 0. The molecule has 1 fully saturated rings. The molecule has 2 aliphatic rings. The Morgan fingerprint density at radius 2 is 1.83 bits per heavy atom. The minimum Gasteiger partial charge on any atom is -0.297 e. The zero-order valence-electron chi connectivity index (χ0n) is 10.2. The van der Waals surface area contributed by atoms with Crippen LogP contribution >= 0.6 is 0 Å². The maximum Gasteiger partial charge on any atom is 0.259 e. The van der Waals surface area contributed by atoms with Crippen LogP contribution < -0.4 is 10.3 Å². The largest absolute Gasteiger partial charge is 0.297 e. The van der Waals surface area contributed by atoms with E-state index in [-0.39, 0.29) is 11.8 Å². The van der Waals surface area contributed by atoms with Gasteiger partial charge in [0.1, 0.15) is 12.0 Å². The van der Waals surface area contributed by atoms with Gasteiger partial charge in [-0.15, -0.1) is 0 Å². The van der Waals surface area contributed by atoms with Gasteiger partial charge in [-0.3, -0.25) is 15.0 Å². The molecule has 2 atom stereocenters. The van der Waals surface area contributed by atoms with Crippen LogP contribution in [0.25, 0.3) is 0 Å². The zero-order chi connectivity index (χ0) is 12.9. The van der Waals surface area contributed by atoms with Crippen molar-refractivity contribution in [3.8, 4) is 0 Å². The van der Waals surface area contributed by atoms with E-state index in [2.05, 4.69) is 10.5 Å². The van der Waals surface area contributed by atoms with Gasteiger partial charge in [-0.1, -0.05) is 18.2 Å². The SMILES string of the molecule is Cc1cccc(C)c1N1C(=O)[C@@H]2C=NN[C@H]2C1=O. The summed E-state index contributed by atoms with van der Waals surface area (Å²) in [5.41, 5.74) is 5.25. The van der Waals surface area contributed by atoms with E-state index in [1.54, 1.807) is 0 Å². The van der Waals surface area contributed by atoms with Crippen molar-refractivity contribution in [3.05, 3.63) is 29.3 Å². The first-order valence-corrected chi connectivity index (χ1v) is 5.84. The second-order valence-electron chi connectivity index (χ2n) is 4.66. The molecule has 1 aromatic carbocycles. The molecule has 2 heterocycles. The van der Waals surface area contributed by atoms with Gasteiger partial charge in [0.2, 0.25) is 5.91 Å². The van der Waals surface area contributed by atoms with E-state index in [0.717, 1.165) is 11.1 Å². The van der Waals surface area contributed by atoms with E-state index in [0.29, 0.717) is 5.69 Å². The van der Waals surface area contributed by atoms with Gasteiger partial charge in [0.05, 0.1) is 5.69 Å². The van der Waals surface area contributed by atoms with Crippen molar-refractivity contribution < 1.29 is 9.59 Å². The molecule has 0 unspecified atom stereocenters. The van der Waals surface area contributed by atoms with Crippen LogP contribution in [0.3, 0.4) is 0 Å². The van der Waals surface area contributed by atoms with Crippen LogP contribution in [0, 0.1) is 19.8 Å². The fourth-order valence-electron chi connectivity index (χ4n) is 2.56. The van der Waals surface area contributed by atoms with Gasteiger partial charge in [0, 0.05) is 6.21 Å². The average molecular weight is 243 g/mol. The number of hydrogen-bond acceptors (Lipinski definition) is 4. The van der Waals surface area contributed by atoms with Crippen molar-refractivity contribution in [2.24, 2.45) is 11.0 Å². The molecule has 0 aliphatic carbocycles. The predicted octanol–water partition coefficient (Wildman–Crippen LogP) is 0.750. The molecule has 2 aliphatic heterocycles. The molecule has 0 spiro atoms. The Kier molecular flexibility index (Phi) is 2.23. The molecule has 1 saturated heterocycles. The molecular weight excluding hydrogens is 230 g/mol. The Labute approximate surface area is 104 Å². The van der Waals surface area contributed by atoms with Crippen molar-refractivity contribution in [2.75, 3.05) is 4.90 Å². The topological polar surface area (TPSA) is 61.8 Å². The third-order valence-electron chi connectivity index (χ3n) is 3.46. The van der Waals surface area contributed by atoms with E-state index < -0.39 is 12.0 Å². The lowest BCUT2D eigenvalue weighted by atomic mass is 10.1. The lowest BCUT2D eigenvalue weighted by molar-refractivity contribution is -0.122. The number of rotatable bonds is 1. The number of aryl methyl sites for hydroxylation is 2. The quantitative estimate of drug-likeness (QED) is 0.740. The number of nitrogens with zero attached hydrogens (tertiary/aromatic N) is 2. The first kappa shape index (κ1) is 11.0. The lowest BCUT2D eigenvalue weighted by Gasteiger charge is -2.19. The molecule has 0 bridgehead atoms. The first-order valence-electron chi connectivity index (χ1n) is 5.84. The molecule has 5 nitrogen and oxygen atoms in total. The smallest absolute Gasteiger partial charge is 0.259 e. The average Bonchev–Trinajstić information content (AvgIpc) is 2.88. The molecule has 18 heavy (non-hydrogen) atoms. The van der Waals surface area contributed by atoms with Crippen LogP contribution in [0.2, 0.25) is 0 Å². The van der Waals surface area contributed by atoms with Gasteiger partial charge in [-0.05, 0) is 25.0 Å². The molecule has 2 amide bonds. The number of hydrazone groups is 1. The van der Waals surface area contributed by atoms with Gasteiger partial charge in [0.25, 0.3) is 5.91 Å². The van der Waals surface area contributed by atoms with Crippen LogP contribution in [-0.2, 0) is 9.59 Å². The minimum absolute atomic E-state index is 0.198. The number of fused-ring (bicyclic) bond motifs is 1. The van der Waals surface area contributed by atoms with Crippen molar-refractivity contribution in [3.63, 3.8) is 0 Å². The van der Waals surface area contributed by atoms with Crippen molar-refractivity contribution >= 4 is 23.7 Å². The molecule has 0 saturated carbocycles. The van der Waals surface area contributed by atoms with Crippen molar-refractivity contribution in [1.29, 1.82) is 0 Å². The molecule has 5 heteroatoms. The Morgan fingerprint density at radius 1 is 1.17 bits per heavy atom. The van der Waals surface area contributed by atoms with Crippen LogP contribution in [0.1, 0.15) is 11.1 Å². The molecule has 0 radical (unpaired) electrons. The zero-order valence-corrected chi connectivity index (χ0v) is 10.2. The number of carbonyl (C=O) groups excluding carboxylic acids is 2. The fourth-order valence-corrected chi connectivity index (χ4v) is 2.56. The lowest BCUT2D eigenvalue weighted by Crippen LogP contribution is -2.37. The summed E-state index contributed by atoms with van der Waals surface area (Å²) in [5.74, 6) is -0.882. The van der Waals surface area contributed by atoms with E-state index in [4.69, 9.17) is 0 Å². The molecular formula is C13H13N3O2. The predicted molar refractivity (Wildman–Crippen MR) is 67.3 cm³/mol. The summed E-state index contributed by atoms with van der Waals surface area (Å²) in [6, 6.07) is 5.19. The summed E-state index contributed by atoms with van der Waals surface area (Å²) in [6.45, 7) is 3.80. The highest BCUT2D eigenvalue weighted by atomic mass is 16.2. The summed E-state index contributed by atoms with van der Waals surface area (Å²) in [7, 11) is 0. The third kappa shape index (κ3) is 1.30. The van der Waals surface area contributed by atoms with Gasteiger partial charge in [-0.2, -0.15) is 5.10 Å². The minimum atomic E-state index is -0.531. The molecule has 0 aromatic heterocycles. The van der Waals surface area contributed by atoms with Gasteiger partial charge >= 0.3 is 0 Å². The third-order valence-corrected chi connectivity index (χ3v) is 3.46. The number of hydrogen-bond donors (Lipinski definition) is 1. The van der Waals surface area contributed by atoms with Crippen LogP contribution in [-0.4, -0.2) is 24.1 Å². The first-order chi connectivity index (χ1) is 8.61. The van der Waals surface area contributed by atoms with E-state index in [9.17, 15) is 9.59 Å². The number of carbonyl (C=O) groups is 2.